The lowest BCUT2D eigenvalue weighted by atomic mass is 10.2. The highest BCUT2D eigenvalue weighted by atomic mass is 16.2. The zero-order valence-electron chi connectivity index (χ0n) is 20.8. The lowest BCUT2D eigenvalue weighted by molar-refractivity contribution is -0.125. The van der Waals surface area contributed by atoms with Crippen molar-refractivity contribution in [3.63, 3.8) is 0 Å². The number of piperazine rings is 1. The van der Waals surface area contributed by atoms with E-state index in [1.165, 1.54) is 11.3 Å². The molecular weight excluding hydrogens is 438 g/mol. The average molecular weight is 476 g/mol. The molecule has 1 aliphatic rings. The van der Waals surface area contributed by atoms with Crippen LogP contribution in [0.1, 0.15) is 37.7 Å². The molecule has 1 heterocycles. The molecule has 2 aromatic rings. The van der Waals surface area contributed by atoms with E-state index in [4.69, 9.17) is 5.26 Å². The van der Waals surface area contributed by atoms with Crippen LogP contribution in [0.25, 0.3) is 0 Å². The van der Waals surface area contributed by atoms with Gasteiger partial charge in [0.05, 0.1) is 12.5 Å². The molecule has 35 heavy (non-hydrogen) atoms. The Hall–Kier alpha value is -3.37. The molecule has 2 amide bonds. The molecule has 0 aliphatic carbocycles. The molecule has 3 rings (SSSR count). The lowest BCUT2D eigenvalue weighted by Gasteiger charge is -2.36. The van der Waals surface area contributed by atoms with E-state index in [1.807, 2.05) is 30.3 Å². The maximum Gasteiger partial charge on any atom is 0.227 e. The number of benzene rings is 2. The monoisotopic (exact) mass is 475 g/mol. The van der Waals surface area contributed by atoms with E-state index >= 15 is 0 Å². The summed E-state index contributed by atoms with van der Waals surface area (Å²) in [4.78, 5) is 31.4. The predicted octanol–water partition coefficient (Wildman–Crippen LogP) is 3.74. The summed E-state index contributed by atoms with van der Waals surface area (Å²) in [6, 6.07) is 20.1. The topological polar surface area (TPSA) is 79.7 Å². The van der Waals surface area contributed by atoms with Crippen molar-refractivity contribution >= 4 is 23.2 Å². The molecule has 0 radical (unpaired) electrons. The third kappa shape index (κ3) is 8.73. The molecule has 0 spiro atoms. The van der Waals surface area contributed by atoms with Crippen molar-refractivity contribution in [2.75, 3.05) is 55.6 Å². The number of hydrogen-bond donors (Lipinski definition) is 1. The van der Waals surface area contributed by atoms with Gasteiger partial charge in [-0.25, -0.2) is 0 Å². The molecular formula is C28H37N5O2. The highest BCUT2D eigenvalue weighted by Gasteiger charge is 2.18. The SMILES string of the molecule is Cc1cccc(N2CCN(CCCCNC(=O)CCC(=O)N(CCC#N)c3ccccc3)CC2)c1. The minimum absolute atomic E-state index is 0.0987. The van der Waals surface area contributed by atoms with Crippen molar-refractivity contribution in [1.82, 2.24) is 10.2 Å². The van der Waals surface area contributed by atoms with E-state index in [1.54, 1.807) is 4.90 Å². The number of hydrogen-bond acceptors (Lipinski definition) is 5. The number of carbonyl (C=O) groups is 2. The third-order valence-corrected chi connectivity index (χ3v) is 6.34. The Kier molecular flexibility index (Phi) is 10.6. The van der Waals surface area contributed by atoms with Gasteiger partial charge in [-0.15, -0.1) is 0 Å². The van der Waals surface area contributed by atoms with Gasteiger partial charge in [0.25, 0.3) is 0 Å². The van der Waals surface area contributed by atoms with Gasteiger partial charge in [0.1, 0.15) is 0 Å². The van der Waals surface area contributed by atoms with Gasteiger partial charge in [0, 0.05) is 63.5 Å². The number of rotatable bonds is 12. The van der Waals surface area contributed by atoms with E-state index < -0.39 is 0 Å². The second kappa shape index (κ2) is 14.1. The molecule has 186 valence electrons. The van der Waals surface area contributed by atoms with Crippen LogP contribution in [0.2, 0.25) is 0 Å². The number of nitriles is 1. The quantitative estimate of drug-likeness (QED) is 0.473. The van der Waals surface area contributed by atoms with Gasteiger partial charge in [-0.05, 0) is 56.1 Å². The molecule has 0 saturated carbocycles. The summed E-state index contributed by atoms with van der Waals surface area (Å²) in [7, 11) is 0. The second-order valence-corrected chi connectivity index (χ2v) is 9.01. The number of nitrogens with one attached hydrogen (secondary N) is 1. The summed E-state index contributed by atoms with van der Waals surface area (Å²) in [5, 5.41) is 11.8. The first-order chi connectivity index (χ1) is 17.1. The maximum atomic E-state index is 12.7. The van der Waals surface area contributed by atoms with Crippen LogP contribution in [-0.4, -0.2) is 62.5 Å². The van der Waals surface area contributed by atoms with Gasteiger partial charge in [-0.1, -0.05) is 30.3 Å². The highest BCUT2D eigenvalue weighted by Crippen LogP contribution is 2.18. The van der Waals surface area contributed by atoms with E-state index in [-0.39, 0.29) is 31.1 Å². The Morgan fingerprint density at radius 1 is 1.00 bits per heavy atom. The number of unbranched alkanes of at least 4 members (excludes halogenated alkanes) is 1. The normalized spacial score (nSPS) is 13.8. The standard InChI is InChI=1S/C28H37N5O2/c1-24-9-7-12-26(23-24)32-21-19-31(20-22-32)17-6-5-16-30-27(34)13-14-28(35)33(18-8-15-29)25-10-3-2-4-11-25/h2-4,7,9-12,23H,5-6,8,13-14,16-22H2,1H3,(H,30,34). The van der Waals surface area contributed by atoms with Gasteiger partial charge in [-0.3, -0.25) is 14.5 Å². The molecule has 0 atom stereocenters. The summed E-state index contributed by atoms with van der Waals surface area (Å²) < 4.78 is 0. The molecule has 1 saturated heterocycles. The molecule has 7 nitrogen and oxygen atoms in total. The van der Waals surface area contributed by atoms with Crippen LogP contribution in [0.4, 0.5) is 11.4 Å². The van der Waals surface area contributed by atoms with Gasteiger partial charge in [0.15, 0.2) is 0 Å². The Morgan fingerprint density at radius 2 is 1.77 bits per heavy atom. The lowest BCUT2D eigenvalue weighted by Crippen LogP contribution is -2.46. The van der Waals surface area contributed by atoms with Crippen LogP contribution >= 0.6 is 0 Å². The van der Waals surface area contributed by atoms with Crippen LogP contribution in [0.15, 0.2) is 54.6 Å². The summed E-state index contributed by atoms with van der Waals surface area (Å²) in [6.45, 7) is 8.35. The van der Waals surface area contributed by atoms with Crippen molar-refractivity contribution < 1.29 is 9.59 Å². The van der Waals surface area contributed by atoms with Crippen LogP contribution < -0.4 is 15.1 Å². The van der Waals surface area contributed by atoms with E-state index in [9.17, 15) is 9.59 Å². The smallest absolute Gasteiger partial charge is 0.227 e. The molecule has 0 unspecified atom stereocenters. The van der Waals surface area contributed by atoms with E-state index in [0.717, 1.165) is 51.3 Å². The number of anilines is 2. The van der Waals surface area contributed by atoms with Gasteiger partial charge >= 0.3 is 0 Å². The number of carbonyl (C=O) groups excluding carboxylic acids is 2. The first-order valence-electron chi connectivity index (χ1n) is 12.6. The van der Waals surface area contributed by atoms with Gasteiger partial charge in [0.2, 0.25) is 11.8 Å². The largest absolute Gasteiger partial charge is 0.369 e. The van der Waals surface area contributed by atoms with Gasteiger partial charge < -0.3 is 15.1 Å². The zero-order chi connectivity index (χ0) is 24.9. The first kappa shape index (κ1) is 26.2. The van der Waals surface area contributed by atoms with Crippen molar-refractivity contribution in [2.45, 2.75) is 39.0 Å². The Bertz CT molecular complexity index is 980. The number of para-hydroxylation sites is 1. The minimum atomic E-state index is -0.133. The zero-order valence-corrected chi connectivity index (χ0v) is 20.8. The fraction of sp³-hybridized carbons (Fsp3) is 0.464. The van der Waals surface area contributed by atoms with Gasteiger partial charge in [-0.2, -0.15) is 5.26 Å². The fourth-order valence-electron chi connectivity index (χ4n) is 4.35. The number of amides is 2. The maximum absolute atomic E-state index is 12.7. The summed E-state index contributed by atoms with van der Waals surface area (Å²) >= 11 is 0. The van der Waals surface area contributed by atoms with Crippen molar-refractivity contribution in [2.24, 2.45) is 0 Å². The van der Waals surface area contributed by atoms with E-state index in [0.29, 0.717) is 13.1 Å². The predicted molar refractivity (Wildman–Crippen MR) is 140 cm³/mol. The first-order valence-corrected chi connectivity index (χ1v) is 12.6. The van der Waals surface area contributed by atoms with Crippen LogP contribution in [0.5, 0.6) is 0 Å². The molecule has 1 fully saturated rings. The molecule has 2 aromatic carbocycles. The fourth-order valence-corrected chi connectivity index (χ4v) is 4.35. The van der Waals surface area contributed by atoms with Crippen molar-refractivity contribution in [3.8, 4) is 6.07 Å². The summed E-state index contributed by atoms with van der Waals surface area (Å²) in [5.74, 6) is -0.232. The van der Waals surface area contributed by atoms with Crippen LogP contribution in [0, 0.1) is 18.3 Å². The highest BCUT2D eigenvalue weighted by molar-refractivity contribution is 5.95. The second-order valence-electron chi connectivity index (χ2n) is 9.01. The van der Waals surface area contributed by atoms with Crippen molar-refractivity contribution in [1.29, 1.82) is 5.26 Å². The summed E-state index contributed by atoms with van der Waals surface area (Å²) in [5.41, 5.74) is 3.36. The number of aryl methyl sites for hydroxylation is 1. The Morgan fingerprint density at radius 3 is 2.49 bits per heavy atom. The molecule has 7 heteroatoms. The Labute approximate surface area is 209 Å². The molecule has 1 aliphatic heterocycles. The number of nitrogens with zero attached hydrogens (tertiary/aromatic N) is 4. The average Bonchev–Trinajstić information content (AvgIpc) is 2.88. The molecule has 0 bridgehead atoms. The molecule has 0 aromatic heterocycles. The minimum Gasteiger partial charge on any atom is -0.369 e. The van der Waals surface area contributed by atoms with Crippen LogP contribution in [0.3, 0.4) is 0 Å². The van der Waals surface area contributed by atoms with E-state index in [2.05, 4.69) is 52.4 Å². The Balaban J connectivity index is 1.28. The van der Waals surface area contributed by atoms with Crippen LogP contribution in [-0.2, 0) is 9.59 Å². The summed E-state index contributed by atoms with van der Waals surface area (Å²) in [6.07, 6.45) is 2.52. The third-order valence-electron chi connectivity index (χ3n) is 6.34. The molecule has 1 N–H and O–H groups in total. The van der Waals surface area contributed by atoms with Crippen molar-refractivity contribution in [3.05, 3.63) is 60.2 Å².